The third kappa shape index (κ3) is 7.09. The van der Waals surface area contributed by atoms with E-state index in [1.807, 2.05) is 79.7 Å². The highest BCUT2D eigenvalue weighted by Crippen LogP contribution is 2.28. The number of benzene rings is 3. The molecule has 6 nitrogen and oxygen atoms in total. The maximum absolute atomic E-state index is 12.8. The Hall–Kier alpha value is -3.80. The van der Waals surface area contributed by atoms with Crippen LogP contribution in [0.25, 0.3) is 0 Å². The third-order valence-corrected chi connectivity index (χ3v) is 6.36. The van der Waals surface area contributed by atoms with Gasteiger partial charge in [-0.25, -0.2) is 5.43 Å². The number of rotatable bonds is 9. The van der Waals surface area contributed by atoms with E-state index in [1.165, 1.54) is 37.7 Å². The molecule has 3 N–H and O–H groups in total. The molecular formula is C29H35N5O. The van der Waals surface area contributed by atoms with Crippen molar-refractivity contribution >= 4 is 29.2 Å². The van der Waals surface area contributed by atoms with Crippen LogP contribution in [0, 0.1) is 0 Å². The normalized spacial score (nSPS) is 14.0. The first-order valence-electron chi connectivity index (χ1n) is 12.4. The minimum absolute atomic E-state index is 0.238. The maximum atomic E-state index is 12.8. The molecule has 0 aromatic heterocycles. The van der Waals surface area contributed by atoms with Gasteiger partial charge in [0.05, 0.1) is 17.6 Å². The van der Waals surface area contributed by atoms with Crippen LogP contribution in [0.4, 0.5) is 17.1 Å². The van der Waals surface area contributed by atoms with Crippen LogP contribution >= 0.6 is 0 Å². The molecule has 1 amide bonds. The highest BCUT2D eigenvalue weighted by atomic mass is 16.2. The molecule has 1 saturated carbocycles. The molecule has 182 valence electrons. The Morgan fingerprint density at radius 3 is 2.40 bits per heavy atom. The Balaban J connectivity index is 1.45. The van der Waals surface area contributed by atoms with Crippen molar-refractivity contribution in [3.63, 3.8) is 0 Å². The van der Waals surface area contributed by atoms with Crippen molar-refractivity contribution in [1.82, 2.24) is 5.43 Å². The molecule has 1 fully saturated rings. The molecule has 6 heteroatoms. The van der Waals surface area contributed by atoms with E-state index in [4.69, 9.17) is 0 Å². The molecule has 3 aromatic carbocycles. The number of nitrogens with one attached hydrogen (secondary N) is 3. The predicted molar refractivity (Wildman–Crippen MR) is 147 cm³/mol. The SMILES string of the molecule is CN(C)c1ccc(/C=N/NC(=O)c2ccc(NC3CCCCC3)c(NCc3ccccc3)c2)cc1. The van der Waals surface area contributed by atoms with E-state index in [0.29, 0.717) is 18.2 Å². The highest BCUT2D eigenvalue weighted by molar-refractivity contribution is 5.97. The van der Waals surface area contributed by atoms with Gasteiger partial charge in [-0.3, -0.25) is 4.79 Å². The van der Waals surface area contributed by atoms with E-state index in [2.05, 4.69) is 33.3 Å². The summed E-state index contributed by atoms with van der Waals surface area (Å²) < 4.78 is 0. The van der Waals surface area contributed by atoms with Gasteiger partial charge in [-0.15, -0.1) is 0 Å². The number of hydrogen-bond donors (Lipinski definition) is 3. The number of carbonyl (C=O) groups excluding carboxylic acids is 1. The summed E-state index contributed by atoms with van der Waals surface area (Å²) in [6, 6.07) is 24.5. The smallest absolute Gasteiger partial charge is 0.271 e. The van der Waals surface area contributed by atoms with E-state index >= 15 is 0 Å². The zero-order valence-corrected chi connectivity index (χ0v) is 20.6. The zero-order chi connectivity index (χ0) is 24.5. The lowest BCUT2D eigenvalue weighted by atomic mass is 9.95. The second kappa shape index (κ2) is 12.1. The summed E-state index contributed by atoms with van der Waals surface area (Å²) in [4.78, 5) is 14.9. The molecule has 0 unspecified atom stereocenters. The number of amides is 1. The second-order valence-corrected chi connectivity index (χ2v) is 9.26. The van der Waals surface area contributed by atoms with E-state index < -0.39 is 0 Å². The number of nitrogens with zero attached hydrogens (tertiary/aromatic N) is 2. The standard InChI is InChI=1S/C29H35N5O/c1-34(2)26-16-13-23(14-17-26)21-31-33-29(35)24-15-18-27(32-25-11-7-4-8-12-25)28(19-24)30-20-22-9-5-3-6-10-22/h3,5-6,9-10,13-19,21,25,30,32H,4,7-8,11-12,20H2,1-2H3,(H,33,35)/b31-21+. The molecule has 1 aliphatic carbocycles. The van der Waals surface area contributed by atoms with Crippen LogP contribution in [-0.2, 0) is 6.54 Å². The molecule has 0 heterocycles. The van der Waals surface area contributed by atoms with Gasteiger partial charge >= 0.3 is 0 Å². The predicted octanol–water partition coefficient (Wildman–Crippen LogP) is 5.87. The van der Waals surface area contributed by atoms with Crippen molar-refractivity contribution < 1.29 is 4.79 Å². The molecule has 3 aromatic rings. The topological polar surface area (TPSA) is 68.8 Å². The van der Waals surface area contributed by atoms with Gasteiger partial charge in [-0.1, -0.05) is 61.7 Å². The maximum Gasteiger partial charge on any atom is 0.271 e. The van der Waals surface area contributed by atoms with Crippen LogP contribution in [0.15, 0.2) is 77.9 Å². The van der Waals surface area contributed by atoms with Gasteiger partial charge < -0.3 is 15.5 Å². The number of carbonyl (C=O) groups is 1. The summed E-state index contributed by atoms with van der Waals surface area (Å²) in [5.74, 6) is -0.238. The van der Waals surface area contributed by atoms with Gasteiger partial charge in [0.15, 0.2) is 0 Å². The largest absolute Gasteiger partial charge is 0.381 e. The van der Waals surface area contributed by atoms with E-state index in [1.54, 1.807) is 6.21 Å². The van der Waals surface area contributed by atoms with Crippen LogP contribution < -0.4 is 21.0 Å². The molecule has 0 spiro atoms. The quantitative estimate of drug-likeness (QED) is 0.271. The summed E-state index contributed by atoms with van der Waals surface area (Å²) in [5.41, 5.74) is 8.41. The van der Waals surface area contributed by atoms with Gasteiger partial charge in [-0.2, -0.15) is 5.10 Å². The van der Waals surface area contributed by atoms with Crippen LogP contribution in [0.1, 0.15) is 53.6 Å². The summed E-state index contributed by atoms with van der Waals surface area (Å²) in [7, 11) is 4.00. The van der Waals surface area contributed by atoms with E-state index in [9.17, 15) is 4.79 Å². The Morgan fingerprint density at radius 2 is 1.69 bits per heavy atom. The molecule has 0 atom stereocenters. The van der Waals surface area contributed by atoms with Crippen molar-refractivity contribution in [3.8, 4) is 0 Å². The zero-order valence-electron chi connectivity index (χ0n) is 20.6. The first-order valence-corrected chi connectivity index (χ1v) is 12.4. The van der Waals surface area contributed by atoms with Crippen LogP contribution in [0.2, 0.25) is 0 Å². The minimum Gasteiger partial charge on any atom is -0.381 e. The third-order valence-electron chi connectivity index (χ3n) is 6.36. The highest BCUT2D eigenvalue weighted by Gasteiger charge is 2.16. The summed E-state index contributed by atoms with van der Waals surface area (Å²) >= 11 is 0. The molecule has 0 bridgehead atoms. The lowest BCUT2D eigenvalue weighted by Crippen LogP contribution is -2.23. The first-order chi connectivity index (χ1) is 17.1. The number of hydrazone groups is 1. The summed E-state index contributed by atoms with van der Waals surface area (Å²) in [6.45, 7) is 0.687. The van der Waals surface area contributed by atoms with Crippen molar-refractivity contribution in [2.24, 2.45) is 5.10 Å². The van der Waals surface area contributed by atoms with Crippen molar-refractivity contribution in [2.45, 2.75) is 44.7 Å². The average Bonchev–Trinajstić information content (AvgIpc) is 2.89. The Bertz CT molecular complexity index is 1120. The second-order valence-electron chi connectivity index (χ2n) is 9.26. The Kier molecular flexibility index (Phi) is 8.39. The van der Waals surface area contributed by atoms with Crippen LogP contribution in [-0.4, -0.2) is 32.3 Å². The molecule has 0 aliphatic heterocycles. The van der Waals surface area contributed by atoms with Gasteiger partial charge in [0.2, 0.25) is 0 Å². The molecule has 0 saturated heterocycles. The lowest BCUT2D eigenvalue weighted by Gasteiger charge is -2.25. The molecule has 0 radical (unpaired) electrons. The molecule has 1 aliphatic rings. The van der Waals surface area contributed by atoms with Gasteiger partial charge in [0, 0.05) is 37.9 Å². The lowest BCUT2D eigenvalue weighted by molar-refractivity contribution is 0.0955. The van der Waals surface area contributed by atoms with Crippen molar-refractivity contribution in [2.75, 3.05) is 29.6 Å². The molecule has 35 heavy (non-hydrogen) atoms. The van der Waals surface area contributed by atoms with Crippen molar-refractivity contribution in [3.05, 3.63) is 89.5 Å². The van der Waals surface area contributed by atoms with Crippen molar-refractivity contribution in [1.29, 1.82) is 0 Å². The Morgan fingerprint density at radius 1 is 0.943 bits per heavy atom. The van der Waals surface area contributed by atoms with E-state index in [0.717, 1.165) is 22.6 Å². The fraction of sp³-hybridized carbons (Fsp3) is 0.310. The molecule has 4 rings (SSSR count). The summed E-state index contributed by atoms with van der Waals surface area (Å²) in [5, 5.41) is 11.4. The average molecular weight is 470 g/mol. The fourth-order valence-corrected chi connectivity index (χ4v) is 4.31. The van der Waals surface area contributed by atoms with Crippen LogP contribution in [0.5, 0.6) is 0 Å². The number of anilines is 3. The monoisotopic (exact) mass is 469 g/mol. The Labute approximate surface area is 208 Å². The minimum atomic E-state index is -0.238. The number of hydrogen-bond acceptors (Lipinski definition) is 5. The molecular weight excluding hydrogens is 434 g/mol. The van der Waals surface area contributed by atoms with Gasteiger partial charge in [0.1, 0.15) is 0 Å². The van der Waals surface area contributed by atoms with E-state index in [-0.39, 0.29) is 5.91 Å². The van der Waals surface area contributed by atoms with Gasteiger partial charge in [-0.05, 0) is 54.3 Å². The fourth-order valence-electron chi connectivity index (χ4n) is 4.31. The first kappa shape index (κ1) is 24.3. The summed E-state index contributed by atoms with van der Waals surface area (Å²) in [6.07, 6.45) is 7.87. The van der Waals surface area contributed by atoms with Gasteiger partial charge in [0.25, 0.3) is 5.91 Å². The van der Waals surface area contributed by atoms with Crippen LogP contribution in [0.3, 0.4) is 0 Å².